The molecular formula is C16H17ClN2O. The summed E-state index contributed by atoms with van der Waals surface area (Å²) in [5.74, 6) is -0.111. The Morgan fingerprint density at radius 2 is 1.95 bits per heavy atom. The largest absolute Gasteiger partial charge is 0.349 e. The van der Waals surface area contributed by atoms with E-state index in [0.717, 1.165) is 23.7 Å². The molecule has 1 aliphatic carbocycles. The van der Waals surface area contributed by atoms with Crippen molar-refractivity contribution >= 4 is 28.4 Å². The Hall–Kier alpha value is -1.61. The minimum absolute atomic E-state index is 0.111. The number of hydrogen-bond donors (Lipinski definition) is 1. The monoisotopic (exact) mass is 288 g/mol. The number of fused-ring (bicyclic) bond motifs is 1. The van der Waals surface area contributed by atoms with E-state index in [9.17, 15) is 4.79 Å². The second kappa shape index (κ2) is 5.80. The molecule has 0 atom stereocenters. The number of benzene rings is 1. The molecule has 4 heteroatoms. The summed E-state index contributed by atoms with van der Waals surface area (Å²) in [7, 11) is 0. The second-order valence-electron chi connectivity index (χ2n) is 5.33. The van der Waals surface area contributed by atoms with Gasteiger partial charge in [-0.05, 0) is 25.0 Å². The highest BCUT2D eigenvalue weighted by Crippen LogP contribution is 2.22. The molecule has 0 radical (unpaired) electrons. The third kappa shape index (κ3) is 2.78. The summed E-state index contributed by atoms with van der Waals surface area (Å²) in [5.41, 5.74) is 1.28. The van der Waals surface area contributed by atoms with Gasteiger partial charge in [-0.15, -0.1) is 0 Å². The molecule has 20 heavy (non-hydrogen) atoms. The quantitative estimate of drug-likeness (QED) is 0.850. The molecule has 1 aliphatic rings. The molecule has 104 valence electrons. The van der Waals surface area contributed by atoms with Crippen LogP contribution in [0.1, 0.15) is 42.5 Å². The van der Waals surface area contributed by atoms with E-state index in [1.165, 1.54) is 19.3 Å². The molecule has 0 bridgehead atoms. The number of nitrogens with one attached hydrogen (secondary N) is 1. The molecule has 3 nitrogen and oxygen atoms in total. The van der Waals surface area contributed by atoms with Crippen LogP contribution in [0.4, 0.5) is 0 Å². The molecule has 1 fully saturated rings. The number of nitrogens with zero attached hydrogens (tertiary/aromatic N) is 1. The van der Waals surface area contributed by atoms with Crippen molar-refractivity contribution in [2.45, 2.75) is 38.1 Å². The lowest BCUT2D eigenvalue weighted by atomic mass is 9.95. The number of aromatic nitrogens is 1. The molecule has 1 aromatic carbocycles. The second-order valence-corrected chi connectivity index (χ2v) is 5.69. The van der Waals surface area contributed by atoms with Crippen molar-refractivity contribution < 1.29 is 4.79 Å². The first-order valence-corrected chi connectivity index (χ1v) is 7.48. The van der Waals surface area contributed by atoms with Gasteiger partial charge in [-0.1, -0.05) is 49.1 Å². The summed E-state index contributed by atoms with van der Waals surface area (Å²) in [6.07, 6.45) is 5.77. The van der Waals surface area contributed by atoms with Crippen molar-refractivity contribution in [1.82, 2.24) is 10.3 Å². The summed E-state index contributed by atoms with van der Waals surface area (Å²) in [4.78, 5) is 16.6. The number of amides is 1. The number of para-hydroxylation sites is 1. The van der Waals surface area contributed by atoms with E-state index < -0.39 is 0 Å². The number of halogens is 1. The van der Waals surface area contributed by atoms with Gasteiger partial charge in [0.2, 0.25) is 0 Å². The van der Waals surface area contributed by atoms with Crippen molar-refractivity contribution in [2.75, 3.05) is 0 Å². The molecule has 1 saturated carbocycles. The fraction of sp³-hybridized carbons (Fsp3) is 0.375. The van der Waals surface area contributed by atoms with E-state index in [-0.39, 0.29) is 17.1 Å². The molecule has 0 aliphatic heterocycles. The van der Waals surface area contributed by atoms with Gasteiger partial charge in [-0.2, -0.15) is 0 Å². The van der Waals surface area contributed by atoms with Crippen molar-refractivity contribution in [3.8, 4) is 0 Å². The fourth-order valence-corrected chi connectivity index (χ4v) is 2.99. The molecule has 1 heterocycles. The maximum Gasteiger partial charge on any atom is 0.254 e. The lowest BCUT2D eigenvalue weighted by Gasteiger charge is -2.22. The first kappa shape index (κ1) is 13.4. The minimum atomic E-state index is -0.111. The highest BCUT2D eigenvalue weighted by molar-refractivity contribution is 6.33. The van der Waals surface area contributed by atoms with Crippen LogP contribution >= 0.6 is 11.6 Å². The Balaban J connectivity index is 1.84. The van der Waals surface area contributed by atoms with E-state index in [1.54, 1.807) is 0 Å². The van der Waals surface area contributed by atoms with Gasteiger partial charge >= 0.3 is 0 Å². The van der Waals surface area contributed by atoms with Gasteiger partial charge in [0.05, 0.1) is 11.1 Å². The summed E-state index contributed by atoms with van der Waals surface area (Å²) in [5, 5.41) is 4.29. The molecular weight excluding hydrogens is 272 g/mol. The highest BCUT2D eigenvalue weighted by atomic mass is 35.5. The maximum atomic E-state index is 12.3. The zero-order chi connectivity index (χ0) is 13.9. The summed E-state index contributed by atoms with van der Waals surface area (Å²) >= 11 is 6.14. The topological polar surface area (TPSA) is 42.0 Å². The third-order valence-electron chi connectivity index (χ3n) is 3.86. The summed E-state index contributed by atoms with van der Waals surface area (Å²) < 4.78 is 0. The summed E-state index contributed by atoms with van der Waals surface area (Å²) in [6, 6.07) is 9.77. The van der Waals surface area contributed by atoms with Crippen LogP contribution < -0.4 is 5.32 Å². The van der Waals surface area contributed by atoms with E-state index in [0.29, 0.717) is 5.56 Å². The maximum absolute atomic E-state index is 12.3. The number of hydrogen-bond acceptors (Lipinski definition) is 2. The van der Waals surface area contributed by atoms with Crippen molar-refractivity contribution in [3.63, 3.8) is 0 Å². The normalized spacial score (nSPS) is 16.2. The molecule has 1 amide bonds. The van der Waals surface area contributed by atoms with Crippen molar-refractivity contribution in [2.24, 2.45) is 0 Å². The molecule has 0 saturated heterocycles. The zero-order valence-electron chi connectivity index (χ0n) is 11.2. The Morgan fingerprint density at radius 3 is 2.75 bits per heavy atom. The van der Waals surface area contributed by atoms with Crippen LogP contribution in [0.3, 0.4) is 0 Å². The van der Waals surface area contributed by atoms with Gasteiger partial charge < -0.3 is 5.32 Å². The van der Waals surface area contributed by atoms with Gasteiger partial charge in [0, 0.05) is 11.4 Å². The van der Waals surface area contributed by atoms with Gasteiger partial charge in [0.15, 0.2) is 0 Å². The van der Waals surface area contributed by atoms with Gasteiger partial charge in [-0.25, -0.2) is 4.98 Å². The molecule has 3 rings (SSSR count). The number of carbonyl (C=O) groups excluding carboxylic acids is 1. The van der Waals surface area contributed by atoms with Crippen LogP contribution in [0.5, 0.6) is 0 Å². The van der Waals surface area contributed by atoms with E-state index in [2.05, 4.69) is 10.3 Å². The van der Waals surface area contributed by atoms with Crippen LogP contribution in [0.15, 0.2) is 30.3 Å². The van der Waals surface area contributed by atoms with Crippen LogP contribution in [0.25, 0.3) is 10.9 Å². The standard InChI is InChI=1S/C16H17ClN2O/c17-15-13(10-11-6-4-5-9-14(11)19-15)16(20)18-12-7-2-1-3-8-12/h4-6,9-10,12H,1-3,7-8H2,(H,18,20). The molecule has 0 spiro atoms. The molecule has 0 unspecified atom stereocenters. The van der Waals surface area contributed by atoms with Crippen LogP contribution in [0, 0.1) is 0 Å². The molecule has 1 N–H and O–H groups in total. The first-order valence-electron chi connectivity index (χ1n) is 7.10. The fourth-order valence-electron chi connectivity index (χ4n) is 2.76. The average Bonchev–Trinajstić information content (AvgIpc) is 2.47. The van der Waals surface area contributed by atoms with Crippen molar-refractivity contribution in [3.05, 3.63) is 41.0 Å². The highest BCUT2D eigenvalue weighted by Gasteiger charge is 2.19. The molecule has 1 aromatic heterocycles. The van der Waals surface area contributed by atoms with E-state index in [1.807, 2.05) is 30.3 Å². The minimum Gasteiger partial charge on any atom is -0.349 e. The smallest absolute Gasteiger partial charge is 0.254 e. The Labute approximate surface area is 123 Å². The zero-order valence-corrected chi connectivity index (χ0v) is 12.0. The van der Waals surface area contributed by atoms with Crippen molar-refractivity contribution in [1.29, 1.82) is 0 Å². The third-order valence-corrected chi connectivity index (χ3v) is 4.15. The predicted molar refractivity (Wildman–Crippen MR) is 81.1 cm³/mol. The van der Waals surface area contributed by atoms with Gasteiger partial charge in [0.1, 0.15) is 5.15 Å². The lowest BCUT2D eigenvalue weighted by molar-refractivity contribution is 0.0927. The van der Waals surface area contributed by atoms with Gasteiger partial charge in [0.25, 0.3) is 5.91 Å². The lowest BCUT2D eigenvalue weighted by Crippen LogP contribution is -2.36. The number of rotatable bonds is 2. The summed E-state index contributed by atoms with van der Waals surface area (Å²) in [6.45, 7) is 0. The Kier molecular flexibility index (Phi) is 3.88. The SMILES string of the molecule is O=C(NC1CCCCC1)c1cc2ccccc2nc1Cl. The number of carbonyl (C=O) groups is 1. The predicted octanol–water partition coefficient (Wildman–Crippen LogP) is 3.95. The van der Waals surface area contributed by atoms with Crippen LogP contribution in [-0.4, -0.2) is 16.9 Å². The van der Waals surface area contributed by atoms with E-state index in [4.69, 9.17) is 11.6 Å². The van der Waals surface area contributed by atoms with Gasteiger partial charge in [-0.3, -0.25) is 4.79 Å². The first-order chi connectivity index (χ1) is 9.74. The van der Waals surface area contributed by atoms with Crippen LogP contribution in [-0.2, 0) is 0 Å². The average molecular weight is 289 g/mol. The Morgan fingerprint density at radius 1 is 1.20 bits per heavy atom. The van der Waals surface area contributed by atoms with E-state index >= 15 is 0 Å². The molecule has 2 aromatic rings. The van der Waals surface area contributed by atoms with Crippen LogP contribution in [0.2, 0.25) is 5.15 Å². The Bertz CT molecular complexity index is 635. The number of pyridine rings is 1.